The summed E-state index contributed by atoms with van der Waals surface area (Å²) >= 11 is 0. The van der Waals surface area contributed by atoms with Crippen molar-refractivity contribution < 1.29 is 5.11 Å². The molecule has 0 saturated heterocycles. The largest absolute Gasteiger partial charge is 0.396 e. The lowest BCUT2D eigenvalue weighted by atomic mass is 10.1. The van der Waals surface area contributed by atoms with Crippen molar-refractivity contribution in [3.05, 3.63) is 12.2 Å². The van der Waals surface area contributed by atoms with E-state index in [1.165, 1.54) is 6.42 Å². The molecule has 0 aromatic carbocycles. The van der Waals surface area contributed by atoms with E-state index in [2.05, 4.69) is 26.0 Å². The second-order valence-corrected chi connectivity index (χ2v) is 2.71. The van der Waals surface area contributed by atoms with Gasteiger partial charge in [0, 0.05) is 6.61 Å². The molecular formula is C9H18O. The van der Waals surface area contributed by atoms with Gasteiger partial charge in [0.2, 0.25) is 0 Å². The molecule has 0 radical (unpaired) electrons. The molecule has 0 aliphatic heterocycles. The third-order valence-electron chi connectivity index (χ3n) is 1.50. The zero-order chi connectivity index (χ0) is 7.82. The Kier molecular flexibility index (Phi) is 6.61. The van der Waals surface area contributed by atoms with Gasteiger partial charge in [-0.1, -0.05) is 32.4 Å². The van der Waals surface area contributed by atoms with E-state index in [9.17, 15) is 0 Å². The van der Waals surface area contributed by atoms with E-state index in [1.807, 2.05) is 0 Å². The van der Waals surface area contributed by atoms with E-state index in [4.69, 9.17) is 5.11 Å². The minimum Gasteiger partial charge on any atom is -0.396 e. The van der Waals surface area contributed by atoms with Crippen LogP contribution in [-0.2, 0) is 0 Å². The number of aliphatic hydroxyl groups is 1. The van der Waals surface area contributed by atoms with Crippen LogP contribution in [0.25, 0.3) is 0 Å². The van der Waals surface area contributed by atoms with E-state index in [0.29, 0.717) is 12.5 Å². The maximum absolute atomic E-state index is 8.56. The van der Waals surface area contributed by atoms with E-state index < -0.39 is 0 Å². The Morgan fingerprint density at radius 2 is 2.20 bits per heavy atom. The lowest BCUT2D eigenvalue weighted by molar-refractivity contribution is 0.274. The molecule has 0 rings (SSSR count). The topological polar surface area (TPSA) is 20.2 Å². The molecule has 1 unspecified atom stereocenters. The van der Waals surface area contributed by atoms with Crippen LogP contribution in [0.4, 0.5) is 0 Å². The van der Waals surface area contributed by atoms with Crippen molar-refractivity contribution in [3.63, 3.8) is 0 Å². The molecule has 1 N–H and O–H groups in total. The van der Waals surface area contributed by atoms with E-state index in [0.717, 1.165) is 12.8 Å². The van der Waals surface area contributed by atoms with E-state index in [1.54, 1.807) is 0 Å². The van der Waals surface area contributed by atoms with Crippen molar-refractivity contribution in [3.8, 4) is 0 Å². The van der Waals surface area contributed by atoms with Crippen molar-refractivity contribution in [2.75, 3.05) is 6.61 Å². The number of allylic oxidation sites excluding steroid dienone is 2. The van der Waals surface area contributed by atoms with E-state index >= 15 is 0 Å². The van der Waals surface area contributed by atoms with E-state index in [-0.39, 0.29) is 0 Å². The Morgan fingerprint density at radius 1 is 1.50 bits per heavy atom. The summed E-state index contributed by atoms with van der Waals surface area (Å²) in [7, 11) is 0. The molecule has 0 bridgehead atoms. The van der Waals surface area contributed by atoms with Gasteiger partial charge < -0.3 is 5.11 Å². The summed E-state index contributed by atoms with van der Waals surface area (Å²) in [5.41, 5.74) is 0. The molecule has 0 aliphatic carbocycles. The first-order valence-corrected chi connectivity index (χ1v) is 4.08. The fourth-order valence-electron chi connectivity index (χ4n) is 0.795. The van der Waals surface area contributed by atoms with Crippen LogP contribution in [0.1, 0.15) is 33.1 Å². The van der Waals surface area contributed by atoms with Gasteiger partial charge in [-0.2, -0.15) is 0 Å². The maximum Gasteiger partial charge on any atom is 0.0436 e. The summed E-state index contributed by atoms with van der Waals surface area (Å²) in [6, 6.07) is 0. The first kappa shape index (κ1) is 9.70. The molecule has 0 spiro atoms. The van der Waals surface area contributed by atoms with Gasteiger partial charge >= 0.3 is 0 Å². The smallest absolute Gasteiger partial charge is 0.0436 e. The molecule has 0 amide bonds. The van der Waals surface area contributed by atoms with Gasteiger partial charge in [0.15, 0.2) is 0 Å². The van der Waals surface area contributed by atoms with Gasteiger partial charge in [0.05, 0.1) is 0 Å². The third kappa shape index (κ3) is 5.83. The quantitative estimate of drug-likeness (QED) is 0.584. The highest BCUT2D eigenvalue weighted by Crippen LogP contribution is 2.03. The van der Waals surface area contributed by atoms with Gasteiger partial charge in [-0.3, -0.25) is 0 Å². The lowest BCUT2D eigenvalue weighted by Crippen LogP contribution is -1.92. The zero-order valence-electron chi connectivity index (χ0n) is 7.01. The molecule has 0 aliphatic rings. The van der Waals surface area contributed by atoms with Gasteiger partial charge in [-0.15, -0.1) is 0 Å². The molecule has 0 aromatic rings. The van der Waals surface area contributed by atoms with Crippen LogP contribution < -0.4 is 0 Å². The zero-order valence-corrected chi connectivity index (χ0v) is 7.01. The summed E-state index contributed by atoms with van der Waals surface area (Å²) in [5.74, 6) is 0.538. The highest BCUT2D eigenvalue weighted by molar-refractivity contribution is 4.85. The van der Waals surface area contributed by atoms with Gasteiger partial charge in [-0.05, 0) is 18.8 Å². The molecule has 60 valence electrons. The highest BCUT2D eigenvalue weighted by atomic mass is 16.2. The predicted molar refractivity (Wildman–Crippen MR) is 44.9 cm³/mol. The number of hydrogen-bond acceptors (Lipinski definition) is 1. The summed E-state index contributed by atoms with van der Waals surface area (Å²) < 4.78 is 0. The fraction of sp³-hybridized carbons (Fsp3) is 0.778. The number of aliphatic hydroxyl groups excluding tert-OH is 1. The van der Waals surface area contributed by atoms with Crippen LogP contribution in [0.2, 0.25) is 0 Å². The minimum atomic E-state index is 0.303. The SMILES string of the molecule is CCCC=CC(C)CCO. The molecule has 0 fully saturated rings. The molecule has 0 heterocycles. The number of unbranched alkanes of at least 4 members (excludes halogenated alkanes) is 1. The molecular weight excluding hydrogens is 124 g/mol. The minimum absolute atomic E-state index is 0.303. The van der Waals surface area contributed by atoms with Crippen molar-refractivity contribution in [1.29, 1.82) is 0 Å². The van der Waals surface area contributed by atoms with Crippen molar-refractivity contribution >= 4 is 0 Å². The third-order valence-corrected chi connectivity index (χ3v) is 1.50. The Morgan fingerprint density at radius 3 is 2.70 bits per heavy atom. The summed E-state index contributed by atoms with van der Waals surface area (Å²) in [4.78, 5) is 0. The first-order chi connectivity index (χ1) is 4.81. The first-order valence-electron chi connectivity index (χ1n) is 4.08. The van der Waals surface area contributed by atoms with Gasteiger partial charge in [0.1, 0.15) is 0 Å². The van der Waals surface area contributed by atoms with Crippen molar-refractivity contribution in [2.24, 2.45) is 5.92 Å². The average molecular weight is 142 g/mol. The predicted octanol–water partition coefficient (Wildman–Crippen LogP) is 2.36. The highest BCUT2D eigenvalue weighted by Gasteiger charge is 1.92. The van der Waals surface area contributed by atoms with Crippen LogP contribution in [0.3, 0.4) is 0 Å². The molecule has 10 heavy (non-hydrogen) atoms. The summed E-state index contributed by atoms with van der Waals surface area (Å²) in [6.45, 7) is 4.60. The molecule has 1 heteroatoms. The lowest BCUT2D eigenvalue weighted by Gasteiger charge is -2.00. The average Bonchev–Trinajstić information content (AvgIpc) is 1.89. The summed E-state index contributed by atoms with van der Waals surface area (Å²) in [5, 5.41) is 8.56. The Labute approximate surface area is 63.8 Å². The molecule has 1 atom stereocenters. The Balaban J connectivity index is 3.26. The van der Waals surface area contributed by atoms with Crippen LogP contribution in [0.15, 0.2) is 12.2 Å². The van der Waals surface area contributed by atoms with Crippen LogP contribution >= 0.6 is 0 Å². The molecule has 0 aromatic heterocycles. The fourth-order valence-corrected chi connectivity index (χ4v) is 0.795. The maximum atomic E-state index is 8.56. The van der Waals surface area contributed by atoms with Crippen molar-refractivity contribution in [1.82, 2.24) is 0 Å². The Hall–Kier alpha value is -0.300. The molecule has 1 nitrogen and oxygen atoms in total. The number of rotatable bonds is 5. The standard InChI is InChI=1S/C9H18O/c1-3-4-5-6-9(2)7-8-10/h5-6,9-10H,3-4,7-8H2,1-2H3. The van der Waals surface area contributed by atoms with Gasteiger partial charge in [-0.25, -0.2) is 0 Å². The number of hydrogen-bond donors (Lipinski definition) is 1. The monoisotopic (exact) mass is 142 g/mol. The molecule has 0 saturated carbocycles. The van der Waals surface area contributed by atoms with Crippen LogP contribution in [0.5, 0.6) is 0 Å². The van der Waals surface area contributed by atoms with Crippen molar-refractivity contribution in [2.45, 2.75) is 33.1 Å². The van der Waals surface area contributed by atoms with Gasteiger partial charge in [0.25, 0.3) is 0 Å². The second-order valence-electron chi connectivity index (χ2n) is 2.71. The Bertz CT molecular complexity index is 86.7. The second kappa shape index (κ2) is 6.81. The normalized spacial score (nSPS) is 14.3. The van der Waals surface area contributed by atoms with Crippen LogP contribution in [-0.4, -0.2) is 11.7 Å². The van der Waals surface area contributed by atoms with Crippen LogP contribution in [0, 0.1) is 5.92 Å². The summed E-state index contributed by atoms with van der Waals surface area (Å²) in [6.07, 6.45) is 7.64.